The Morgan fingerprint density at radius 2 is 1.72 bits per heavy atom. The smallest absolute Gasteiger partial charge is 0.306 e. The number of carbonyl (C=O) groups is 1. The van der Waals surface area contributed by atoms with Gasteiger partial charge in [-0.1, -0.05) is 20.8 Å². The molecule has 11 atom stereocenters. The number of hydrogen-bond donors (Lipinski definition) is 3. The zero-order valence-corrected chi connectivity index (χ0v) is 20.8. The molecule has 4 saturated carbocycles. The van der Waals surface area contributed by atoms with Crippen molar-refractivity contribution < 1.29 is 24.9 Å². The Kier molecular flexibility index (Phi) is 6.77. The molecule has 0 heterocycles. The fraction of sp³-hybridized carbons (Fsp3) is 0.963. The van der Waals surface area contributed by atoms with E-state index in [1.807, 2.05) is 13.8 Å². The molecule has 0 amide bonds. The molecule has 5 heteroatoms. The number of aliphatic hydroxyl groups is 3. The highest BCUT2D eigenvalue weighted by atomic mass is 16.5. The van der Waals surface area contributed by atoms with Gasteiger partial charge in [0.15, 0.2) is 0 Å². The van der Waals surface area contributed by atoms with Crippen LogP contribution in [0.15, 0.2) is 0 Å². The molecule has 0 radical (unpaired) electrons. The Labute approximate surface area is 194 Å². The van der Waals surface area contributed by atoms with E-state index in [4.69, 9.17) is 4.74 Å². The Bertz CT molecular complexity index is 694. The molecule has 0 saturated heterocycles. The van der Waals surface area contributed by atoms with Crippen LogP contribution in [0.3, 0.4) is 0 Å². The maximum atomic E-state index is 12.1. The molecule has 0 aromatic rings. The third kappa shape index (κ3) is 3.94. The molecule has 0 unspecified atom stereocenters. The van der Waals surface area contributed by atoms with Crippen molar-refractivity contribution in [2.24, 2.45) is 46.3 Å². The number of fused-ring (bicyclic) bond motifs is 5. The van der Waals surface area contributed by atoms with Gasteiger partial charge in [0.2, 0.25) is 0 Å². The second-order valence-corrected chi connectivity index (χ2v) is 12.6. The predicted molar refractivity (Wildman–Crippen MR) is 124 cm³/mol. The first-order valence-corrected chi connectivity index (χ1v) is 13.2. The van der Waals surface area contributed by atoms with Gasteiger partial charge in [-0.2, -0.15) is 0 Å². The average molecular weight is 451 g/mol. The predicted octanol–water partition coefficient (Wildman–Crippen LogP) is 4.32. The van der Waals surface area contributed by atoms with Crippen LogP contribution >= 0.6 is 0 Å². The zero-order chi connectivity index (χ0) is 23.4. The highest BCUT2D eigenvalue weighted by molar-refractivity contribution is 5.69. The van der Waals surface area contributed by atoms with Crippen molar-refractivity contribution in [2.45, 2.75) is 117 Å². The van der Waals surface area contributed by atoms with Crippen LogP contribution < -0.4 is 0 Å². The zero-order valence-electron chi connectivity index (χ0n) is 20.8. The summed E-state index contributed by atoms with van der Waals surface area (Å²) in [6.45, 7) is 10.6. The molecule has 0 aliphatic heterocycles. The third-order valence-corrected chi connectivity index (χ3v) is 10.7. The lowest BCUT2D eigenvalue weighted by atomic mass is 9.43. The minimum Gasteiger partial charge on any atom is -0.463 e. The molecule has 4 fully saturated rings. The number of aliphatic hydroxyl groups excluding tert-OH is 3. The van der Waals surface area contributed by atoms with E-state index in [0.717, 1.165) is 51.4 Å². The summed E-state index contributed by atoms with van der Waals surface area (Å²) in [6, 6.07) is 0. The molecule has 0 aromatic heterocycles. The minimum absolute atomic E-state index is 0.0813. The maximum Gasteiger partial charge on any atom is 0.306 e. The lowest BCUT2D eigenvalue weighted by Crippen LogP contribution is -2.62. The Morgan fingerprint density at radius 3 is 2.41 bits per heavy atom. The number of rotatable bonds is 5. The summed E-state index contributed by atoms with van der Waals surface area (Å²) < 4.78 is 5.33. The SMILES string of the molecule is CC(C)OC(=O)CC[C@@H](C)[C@H]1CC[C@H]2[C@@H]3[C@H](O)C[C@@H]4C[C@H](O)CC[C@]4(C)[C@H]3C[C@H](O)[C@]12C. The van der Waals surface area contributed by atoms with Gasteiger partial charge in [-0.3, -0.25) is 4.79 Å². The maximum absolute atomic E-state index is 12.1. The first-order chi connectivity index (χ1) is 15.0. The van der Waals surface area contributed by atoms with Crippen LogP contribution in [0.1, 0.15) is 92.4 Å². The van der Waals surface area contributed by atoms with Crippen LogP contribution in [-0.4, -0.2) is 45.7 Å². The van der Waals surface area contributed by atoms with E-state index in [9.17, 15) is 20.1 Å². The summed E-state index contributed by atoms with van der Waals surface area (Å²) in [7, 11) is 0. The van der Waals surface area contributed by atoms with Gasteiger partial charge >= 0.3 is 5.97 Å². The largest absolute Gasteiger partial charge is 0.463 e. The quantitative estimate of drug-likeness (QED) is 0.543. The van der Waals surface area contributed by atoms with Gasteiger partial charge in [0.25, 0.3) is 0 Å². The Hall–Kier alpha value is -0.650. The van der Waals surface area contributed by atoms with Crippen molar-refractivity contribution in [3.63, 3.8) is 0 Å². The first kappa shape index (κ1) is 24.5. The van der Waals surface area contributed by atoms with E-state index in [1.54, 1.807) is 0 Å². The summed E-state index contributed by atoms with van der Waals surface area (Å²) in [5.74, 6) is 1.81. The van der Waals surface area contributed by atoms with Gasteiger partial charge in [0.05, 0.1) is 24.4 Å². The summed E-state index contributed by atoms with van der Waals surface area (Å²) in [6.07, 6.45) is 6.50. The van der Waals surface area contributed by atoms with Crippen molar-refractivity contribution in [3.05, 3.63) is 0 Å². The summed E-state index contributed by atoms with van der Waals surface area (Å²) in [5, 5.41) is 33.2. The molecule has 4 aliphatic rings. The van der Waals surface area contributed by atoms with Crippen LogP contribution in [0.5, 0.6) is 0 Å². The molecule has 4 rings (SSSR count). The molecule has 0 aromatic carbocycles. The first-order valence-electron chi connectivity index (χ1n) is 13.2. The Balaban J connectivity index is 1.52. The molecule has 32 heavy (non-hydrogen) atoms. The molecular weight excluding hydrogens is 404 g/mol. The van der Waals surface area contributed by atoms with E-state index in [-0.39, 0.29) is 47.1 Å². The van der Waals surface area contributed by atoms with Crippen molar-refractivity contribution >= 4 is 5.97 Å². The standard InChI is InChI=1S/C27H46O5/c1-15(2)32-24(31)9-6-16(3)19-7-8-20-25-21(14-23(30)27(19,20)5)26(4)11-10-18(28)12-17(26)13-22(25)29/h15-23,25,28-30H,6-14H2,1-5H3/t16-,17+,18-,19-,20+,21+,22-,23+,25+,26+,27-/m1/s1. The molecule has 3 N–H and O–H groups in total. The molecule has 4 aliphatic carbocycles. The average Bonchev–Trinajstić information content (AvgIpc) is 3.06. The third-order valence-electron chi connectivity index (χ3n) is 10.7. The molecule has 5 nitrogen and oxygen atoms in total. The molecule has 0 spiro atoms. The van der Waals surface area contributed by atoms with E-state index in [0.29, 0.717) is 36.0 Å². The van der Waals surface area contributed by atoms with Crippen molar-refractivity contribution in [2.75, 3.05) is 0 Å². The monoisotopic (exact) mass is 450 g/mol. The van der Waals surface area contributed by atoms with E-state index >= 15 is 0 Å². The molecule has 184 valence electrons. The van der Waals surface area contributed by atoms with E-state index in [2.05, 4.69) is 20.8 Å². The van der Waals surface area contributed by atoms with Crippen LogP contribution in [0.4, 0.5) is 0 Å². The van der Waals surface area contributed by atoms with Gasteiger partial charge in [0.1, 0.15) is 0 Å². The van der Waals surface area contributed by atoms with E-state index in [1.165, 1.54) is 0 Å². The van der Waals surface area contributed by atoms with Gasteiger partial charge in [0, 0.05) is 6.42 Å². The minimum atomic E-state index is -0.374. The second kappa shape index (κ2) is 8.85. The molecular formula is C27H46O5. The summed E-state index contributed by atoms with van der Waals surface area (Å²) in [4.78, 5) is 12.1. The lowest BCUT2D eigenvalue weighted by molar-refractivity contribution is -0.207. The van der Waals surface area contributed by atoms with Crippen LogP contribution in [-0.2, 0) is 9.53 Å². The molecule has 0 bridgehead atoms. The van der Waals surface area contributed by atoms with E-state index < -0.39 is 0 Å². The second-order valence-electron chi connectivity index (χ2n) is 12.6. The van der Waals surface area contributed by atoms with Crippen molar-refractivity contribution in [1.82, 2.24) is 0 Å². The highest BCUT2D eigenvalue weighted by Gasteiger charge is 2.65. The fourth-order valence-electron chi connectivity index (χ4n) is 9.00. The topological polar surface area (TPSA) is 87.0 Å². The lowest BCUT2D eigenvalue weighted by Gasteiger charge is -2.63. The van der Waals surface area contributed by atoms with Crippen molar-refractivity contribution in [3.8, 4) is 0 Å². The number of hydrogen-bond acceptors (Lipinski definition) is 5. The fourth-order valence-corrected chi connectivity index (χ4v) is 9.00. The van der Waals surface area contributed by atoms with Crippen molar-refractivity contribution in [1.29, 1.82) is 0 Å². The normalized spacial score (nSPS) is 49.2. The summed E-state index contributed by atoms with van der Waals surface area (Å²) >= 11 is 0. The Morgan fingerprint density at radius 1 is 1.00 bits per heavy atom. The number of carbonyl (C=O) groups excluding carboxylic acids is 1. The van der Waals surface area contributed by atoms with Gasteiger partial charge in [-0.15, -0.1) is 0 Å². The van der Waals surface area contributed by atoms with Crippen LogP contribution in [0.25, 0.3) is 0 Å². The summed E-state index contributed by atoms with van der Waals surface area (Å²) in [5.41, 5.74) is -0.101. The van der Waals surface area contributed by atoms with Gasteiger partial charge < -0.3 is 20.1 Å². The number of esters is 1. The van der Waals surface area contributed by atoms with Crippen LogP contribution in [0.2, 0.25) is 0 Å². The number of ether oxygens (including phenoxy) is 1. The van der Waals surface area contributed by atoms with Gasteiger partial charge in [-0.05, 0) is 112 Å². The highest BCUT2D eigenvalue weighted by Crippen LogP contribution is 2.68. The van der Waals surface area contributed by atoms with Gasteiger partial charge in [-0.25, -0.2) is 0 Å². The van der Waals surface area contributed by atoms with Crippen LogP contribution in [0, 0.1) is 46.3 Å².